The number of rotatable bonds is 5. The molecule has 1 fully saturated rings. The molecular formula is C16H19N3OS. The van der Waals surface area contributed by atoms with Gasteiger partial charge in [-0.3, -0.25) is 9.78 Å². The summed E-state index contributed by atoms with van der Waals surface area (Å²) in [5.41, 5.74) is 2.26. The van der Waals surface area contributed by atoms with Crippen molar-refractivity contribution in [1.29, 1.82) is 0 Å². The van der Waals surface area contributed by atoms with Crippen molar-refractivity contribution in [3.63, 3.8) is 0 Å². The summed E-state index contributed by atoms with van der Waals surface area (Å²) in [6, 6.07) is 3.96. The van der Waals surface area contributed by atoms with Gasteiger partial charge in [0.25, 0.3) is 0 Å². The van der Waals surface area contributed by atoms with E-state index in [1.807, 2.05) is 18.3 Å². The van der Waals surface area contributed by atoms with Crippen molar-refractivity contribution in [2.45, 2.75) is 38.6 Å². The summed E-state index contributed by atoms with van der Waals surface area (Å²) in [5, 5.41) is 6.05. The number of hydrogen-bond acceptors (Lipinski definition) is 4. The lowest BCUT2D eigenvalue weighted by atomic mass is 10.1. The van der Waals surface area contributed by atoms with Gasteiger partial charge in [-0.1, -0.05) is 19.9 Å². The van der Waals surface area contributed by atoms with Crippen LogP contribution in [0.15, 0.2) is 29.9 Å². The minimum atomic E-state index is 0.0960. The van der Waals surface area contributed by atoms with E-state index in [2.05, 4.69) is 34.5 Å². The third-order valence-corrected chi connectivity index (χ3v) is 4.68. The maximum Gasteiger partial charge on any atom is 0.224 e. The zero-order valence-electron chi connectivity index (χ0n) is 12.2. The van der Waals surface area contributed by atoms with Gasteiger partial charge in [-0.15, -0.1) is 11.3 Å². The number of nitrogens with zero attached hydrogens (tertiary/aromatic N) is 2. The van der Waals surface area contributed by atoms with E-state index in [4.69, 9.17) is 0 Å². The third-order valence-electron chi connectivity index (χ3n) is 3.81. The summed E-state index contributed by atoms with van der Waals surface area (Å²) in [6.07, 6.45) is 4.54. The molecule has 2 aromatic rings. The lowest BCUT2D eigenvalue weighted by Crippen LogP contribution is -2.24. The molecule has 0 bridgehead atoms. The van der Waals surface area contributed by atoms with E-state index in [-0.39, 0.29) is 11.8 Å². The number of carbonyl (C=O) groups is 1. The molecule has 110 valence electrons. The van der Waals surface area contributed by atoms with E-state index in [0.717, 1.165) is 22.7 Å². The highest BCUT2D eigenvalue weighted by molar-refractivity contribution is 7.09. The Kier molecular flexibility index (Phi) is 4.01. The standard InChI is InChI=1S/C16H19N3OS/c1-10(2)14-9-21-15(19-14)8-18-16(20)13-6-12(13)11-4-3-5-17-7-11/h3-5,7,9-10,12-13H,6,8H2,1-2H3,(H,18,20)/t12-,13+/m0/s1. The van der Waals surface area contributed by atoms with Crippen LogP contribution in [0.1, 0.15) is 48.4 Å². The van der Waals surface area contributed by atoms with Crippen molar-refractivity contribution in [2.24, 2.45) is 5.92 Å². The Labute approximate surface area is 128 Å². The molecule has 0 radical (unpaired) electrons. The first-order valence-electron chi connectivity index (χ1n) is 7.27. The summed E-state index contributed by atoms with van der Waals surface area (Å²) in [7, 11) is 0. The Hall–Kier alpha value is -1.75. The summed E-state index contributed by atoms with van der Waals surface area (Å²) < 4.78 is 0. The number of thiazole rings is 1. The molecule has 3 rings (SSSR count). The largest absolute Gasteiger partial charge is 0.349 e. The number of hydrogen-bond donors (Lipinski definition) is 1. The zero-order valence-corrected chi connectivity index (χ0v) is 13.1. The predicted molar refractivity (Wildman–Crippen MR) is 83.1 cm³/mol. The molecule has 21 heavy (non-hydrogen) atoms. The lowest BCUT2D eigenvalue weighted by molar-refractivity contribution is -0.122. The Morgan fingerprint density at radius 2 is 2.38 bits per heavy atom. The first kappa shape index (κ1) is 14.2. The van der Waals surface area contributed by atoms with Gasteiger partial charge in [0.05, 0.1) is 12.2 Å². The van der Waals surface area contributed by atoms with Crippen LogP contribution in [-0.2, 0) is 11.3 Å². The van der Waals surface area contributed by atoms with Crippen LogP contribution in [0.4, 0.5) is 0 Å². The van der Waals surface area contributed by atoms with Crippen LogP contribution in [0.5, 0.6) is 0 Å². The molecule has 2 atom stereocenters. The number of aromatic nitrogens is 2. The normalized spacial score (nSPS) is 20.5. The molecule has 0 aliphatic heterocycles. The first-order valence-corrected chi connectivity index (χ1v) is 8.15. The molecule has 1 saturated carbocycles. The van der Waals surface area contributed by atoms with Crippen LogP contribution in [0.2, 0.25) is 0 Å². The Morgan fingerprint density at radius 3 is 3.05 bits per heavy atom. The van der Waals surface area contributed by atoms with Crippen molar-refractivity contribution in [3.8, 4) is 0 Å². The predicted octanol–water partition coefficient (Wildman–Crippen LogP) is 3.08. The molecule has 1 aliphatic rings. The van der Waals surface area contributed by atoms with Gasteiger partial charge in [-0.2, -0.15) is 0 Å². The lowest BCUT2D eigenvalue weighted by Gasteiger charge is -2.03. The van der Waals surface area contributed by atoms with E-state index in [9.17, 15) is 4.79 Å². The fourth-order valence-corrected chi connectivity index (χ4v) is 3.31. The highest BCUT2D eigenvalue weighted by Crippen LogP contribution is 2.47. The topological polar surface area (TPSA) is 54.9 Å². The maximum atomic E-state index is 12.1. The fraction of sp³-hybridized carbons (Fsp3) is 0.438. The molecule has 0 saturated heterocycles. The monoisotopic (exact) mass is 301 g/mol. The number of nitrogens with one attached hydrogen (secondary N) is 1. The van der Waals surface area contributed by atoms with Gasteiger partial charge >= 0.3 is 0 Å². The van der Waals surface area contributed by atoms with Gasteiger partial charge < -0.3 is 5.32 Å². The van der Waals surface area contributed by atoms with E-state index in [1.54, 1.807) is 17.5 Å². The molecule has 0 aromatic carbocycles. The molecule has 1 aliphatic carbocycles. The quantitative estimate of drug-likeness (QED) is 0.923. The number of carbonyl (C=O) groups excluding carboxylic acids is 1. The highest BCUT2D eigenvalue weighted by atomic mass is 32.1. The molecule has 5 heteroatoms. The molecule has 4 nitrogen and oxygen atoms in total. The summed E-state index contributed by atoms with van der Waals surface area (Å²) in [6.45, 7) is 4.78. The van der Waals surface area contributed by atoms with Gasteiger partial charge in [-0.25, -0.2) is 4.98 Å². The van der Waals surface area contributed by atoms with Crippen molar-refractivity contribution < 1.29 is 4.79 Å². The summed E-state index contributed by atoms with van der Waals surface area (Å²) in [4.78, 5) is 20.8. The molecule has 2 aromatic heterocycles. The average Bonchev–Trinajstić information content (AvgIpc) is 3.15. The minimum absolute atomic E-state index is 0.0960. The van der Waals surface area contributed by atoms with E-state index in [1.165, 1.54) is 0 Å². The van der Waals surface area contributed by atoms with Crippen LogP contribution >= 0.6 is 11.3 Å². The minimum Gasteiger partial charge on any atom is -0.349 e. The van der Waals surface area contributed by atoms with E-state index in [0.29, 0.717) is 18.4 Å². The van der Waals surface area contributed by atoms with Crippen molar-refractivity contribution in [3.05, 3.63) is 46.2 Å². The summed E-state index contributed by atoms with van der Waals surface area (Å²) in [5.74, 6) is 0.995. The van der Waals surface area contributed by atoms with Crippen LogP contribution in [0.25, 0.3) is 0 Å². The third kappa shape index (κ3) is 3.29. The molecule has 1 N–H and O–H groups in total. The molecular weight excluding hydrogens is 282 g/mol. The second kappa shape index (κ2) is 5.93. The van der Waals surface area contributed by atoms with Gasteiger partial charge in [0.1, 0.15) is 5.01 Å². The molecule has 0 spiro atoms. The van der Waals surface area contributed by atoms with Gasteiger partial charge in [0.15, 0.2) is 0 Å². The van der Waals surface area contributed by atoms with Crippen molar-refractivity contribution in [2.75, 3.05) is 0 Å². The fourth-order valence-electron chi connectivity index (χ4n) is 2.41. The van der Waals surface area contributed by atoms with Crippen molar-refractivity contribution >= 4 is 17.2 Å². The van der Waals surface area contributed by atoms with Gasteiger partial charge in [0.2, 0.25) is 5.91 Å². The van der Waals surface area contributed by atoms with Gasteiger partial charge in [0, 0.05) is 23.7 Å². The number of amides is 1. The average molecular weight is 301 g/mol. The maximum absolute atomic E-state index is 12.1. The van der Waals surface area contributed by atoms with E-state index < -0.39 is 0 Å². The summed E-state index contributed by atoms with van der Waals surface area (Å²) >= 11 is 1.61. The van der Waals surface area contributed by atoms with Crippen LogP contribution in [0.3, 0.4) is 0 Å². The Bertz CT molecular complexity index is 623. The molecule has 2 heterocycles. The molecule has 1 amide bonds. The second-order valence-corrected chi connectivity index (χ2v) is 6.72. The van der Waals surface area contributed by atoms with Crippen LogP contribution in [0, 0.1) is 5.92 Å². The highest BCUT2D eigenvalue weighted by Gasteiger charge is 2.43. The first-order chi connectivity index (χ1) is 10.1. The SMILES string of the molecule is CC(C)c1csc(CNC(=O)[C@@H]2C[C@H]2c2cccnc2)n1. The van der Waals surface area contributed by atoms with Crippen molar-refractivity contribution in [1.82, 2.24) is 15.3 Å². The Balaban J connectivity index is 1.51. The van der Waals surface area contributed by atoms with Gasteiger partial charge in [-0.05, 0) is 29.9 Å². The molecule has 0 unspecified atom stereocenters. The number of pyridine rings is 1. The smallest absolute Gasteiger partial charge is 0.224 e. The van der Waals surface area contributed by atoms with E-state index >= 15 is 0 Å². The Morgan fingerprint density at radius 1 is 1.52 bits per heavy atom. The second-order valence-electron chi connectivity index (χ2n) is 5.77. The zero-order chi connectivity index (χ0) is 14.8. The van der Waals surface area contributed by atoms with Crippen LogP contribution in [-0.4, -0.2) is 15.9 Å². The van der Waals surface area contributed by atoms with Crippen LogP contribution < -0.4 is 5.32 Å².